The highest BCUT2D eigenvalue weighted by Crippen LogP contribution is 2.09. The molecule has 0 unspecified atom stereocenters. The molecule has 1 aromatic rings. The Balaban J connectivity index is 2.57. The van der Waals surface area contributed by atoms with E-state index in [1.165, 1.54) is 6.92 Å². The summed E-state index contributed by atoms with van der Waals surface area (Å²) in [6, 6.07) is 8.22. The Hall–Kier alpha value is -1.84. The average molecular weight is 235 g/mol. The minimum absolute atomic E-state index is 0.0378. The second-order valence-electron chi connectivity index (χ2n) is 4.18. The molecule has 1 aromatic carbocycles. The van der Waals surface area contributed by atoms with Crippen LogP contribution < -0.4 is 10.1 Å². The van der Waals surface area contributed by atoms with Crippen molar-refractivity contribution in [1.82, 2.24) is 5.32 Å². The van der Waals surface area contributed by atoms with E-state index in [0.717, 1.165) is 0 Å². The molecule has 0 fully saturated rings. The predicted molar refractivity (Wildman–Crippen MR) is 64.9 cm³/mol. The minimum Gasteiger partial charge on any atom is -0.410 e. The van der Waals surface area contributed by atoms with Gasteiger partial charge in [0.05, 0.1) is 6.04 Å². The van der Waals surface area contributed by atoms with E-state index in [9.17, 15) is 9.59 Å². The number of benzene rings is 1. The average Bonchev–Trinajstić information content (AvgIpc) is 2.26. The molecule has 4 heteroatoms. The Morgan fingerprint density at radius 3 is 2.24 bits per heavy atom. The molecule has 0 heterocycles. The fourth-order valence-corrected chi connectivity index (χ4v) is 1.49. The number of amides is 1. The van der Waals surface area contributed by atoms with Crippen molar-refractivity contribution in [3.05, 3.63) is 30.3 Å². The SMILES string of the molecule is CC(=O)[C@@H](NC(=O)Oc1ccccc1)C(C)C. The van der Waals surface area contributed by atoms with Crippen molar-refractivity contribution in [2.75, 3.05) is 0 Å². The van der Waals surface area contributed by atoms with Crippen LogP contribution in [0.1, 0.15) is 20.8 Å². The van der Waals surface area contributed by atoms with Crippen LogP contribution in [0.3, 0.4) is 0 Å². The molecule has 0 saturated carbocycles. The molecule has 1 rings (SSSR count). The maximum Gasteiger partial charge on any atom is 0.413 e. The fraction of sp³-hybridized carbons (Fsp3) is 0.385. The van der Waals surface area contributed by atoms with Gasteiger partial charge in [-0.1, -0.05) is 32.0 Å². The number of nitrogens with one attached hydrogen (secondary N) is 1. The van der Waals surface area contributed by atoms with Gasteiger partial charge >= 0.3 is 6.09 Å². The summed E-state index contributed by atoms with van der Waals surface area (Å²) in [5.41, 5.74) is 0. The van der Waals surface area contributed by atoms with Crippen molar-refractivity contribution in [1.29, 1.82) is 0 Å². The van der Waals surface area contributed by atoms with E-state index in [2.05, 4.69) is 5.32 Å². The van der Waals surface area contributed by atoms with Gasteiger partial charge in [0.1, 0.15) is 5.75 Å². The zero-order chi connectivity index (χ0) is 12.8. The highest BCUT2D eigenvalue weighted by atomic mass is 16.6. The number of hydrogen-bond donors (Lipinski definition) is 1. The lowest BCUT2D eigenvalue weighted by Crippen LogP contribution is -2.44. The van der Waals surface area contributed by atoms with Crippen LogP contribution in [-0.4, -0.2) is 17.9 Å². The minimum atomic E-state index is -0.606. The standard InChI is InChI=1S/C13H17NO3/c1-9(2)12(10(3)15)14-13(16)17-11-7-5-4-6-8-11/h4-9,12H,1-3H3,(H,14,16)/t12-/m0/s1. The summed E-state index contributed by atoms with van der Waals surface area (Å²) in [7, 11) is 0. The van der Waals surface area contributed by atoms with Crippen LogP contribution in [0.15, 0.2) is 30.3 Å². The van der Waals surface area contributed by atoms with Gasteiger partial charge < -0.3 is 10.1 Å². The fourth-order valence-electron chi connectivity index (χ4n) is 1.49. The van der Waals surface area contributed by atoms with Crippen molar-refractivity contribution < 1.29 is 14.3 Å². The highest BCUT2D eigenvalue weighted by molar-refractivity contribution is 5.86. The van der Waals surface area contributed by atoms with Crippen molar-refractivity contribution in [2.24, 2.45) is 5.92 Å². The normalized spacial score (nSPS) is 12.0. The van der Waals surface area contributed by atoms with Crippen LogP contribution in [0.2, 0.25) is 0 Å². The first-order valence-electron chi connectivity index (χ1n) is 5.54. The van der Waals surface area contributed by atoms with Crippen molar-refractivity contribution in [3.63, 3.8) is 0 Å². The zero-order valence-corrected chi connectivity index (χ0v) is 10.3. The van der Waals surface area contributed by atoms with Gasteiger partial charge in [-0.05, 0) is 25.0 Å². The van der Waals surface area contributed by atoms with E-state index in [0.29, 0.717) is 5.75 Å². The molecule has 0 aromatic heterocycles. The number of Topliss-reactive ketones (excluding diaryl/α,β-unsaturated/α-hetero) is 1. The molecule has 0 aliphatic carbocycles. The number of carbonyl (C=O) groups excluding carboxylic acids is 2. The maximum atomic E-state index is 11.5. The van der Waals surface area contributed by atoms with Gasteiger partial charge in [-0.15, -0.1) is 0 Å². The Bertz CT molecular complexity index is 387. The summed E-state index contributed by atoms with van der Waals surface area (Å²) in [6.07, 6.45) is -0.606. The summed E-state index contributed by atoms with van der Waals surface area (Å²) in [5.74, 6) is 0.414. The largest absolute Gasteiger partial charge is 0.413 e. The molecule has 0 saturated heterocycles. The molecule has 0 radical (unpaired) electrons. The van der Waals surface area contributed by atoms with Crippen LogP contribution >= 0.6 is 0 Å². The third kappa shape index (κ3) is 4.26. The highest BCUT2D eigenvalue weighted by Gasteiger charge is 2.21. The second-order valence-corrected chi connectivity index (χ2v) is 4.18. The third-order valence-corrected chi connectivity index (χ3v) is 2.33. The smallest absolute Gasteiger partial charge is 0.410 e. The summed E-state index contributed by atoms with van der Waals surface area (Å²) in [6.45, 7) is 5.19. The monoisotopic (exact) mass is 235 g/mol. The molecule has 4 nitrogen and oxygen atoms in total. The van der Waals surface area contributed by atoms with Crippen molar-refractivity contribution >= 4 is 11.9 Å². The van der Waals surface area contributed by atoms with Gasteiger partial charge in [0.15, 0.2) is 5.78 Å². The molecule has 92 valence electrons. The first-order valence-corrected chi connectivity index (χ1v) is 5.54. The van der Waals surface area contributed by atoms with Crippen LogP contribution in [0.5, 0.6) is 5.75 Å². The summed E-state index contributed by atoms with van der Waals surface area (Å²) < 4.78 is 5.04. The van der Waals surface area contributed by atoms with E-state index in [1.807, 2.05) is 19.9 Å². The molecule has 0 aliphatic rings. The molecule has 0 bridgehead atoms. The van der Waals surface area contributed by atoms with Crippen molar-refractivity contribution in [3.8, 4) is 5.75 Å². The van der Waals surface area contributed by atoms with Crippen LogP contribution in [-0.2, 0) is 4.79 Å². The quantitative estimate of drug-likeness (QED) is 0.871. The van der Waals surface area contributed by atoms with E-state index >= 15 is 0 Å². The van der Waals surface area contributed by atoms with E-state index in [-0.39, 0.29) is 11.7 Å². The first-order chi connectivity index (χ1) is 8.00. The number of rotatable bonds is 4. The lowest BCUT2D eigenvalue weighted by molar-refractivity contribution is -0.119. The molecule has 0 aliphatic heterocycles. The summed E-state index contributed by atoms with van der Waals surface area (Å²) >= 11 is 0. The van der Waals surface area contributed by atoms with Gasteiger partial charge in [-0.25, -0.2) is 4.79 Å². The predicted octanol–water partition coefficient (Wildman–Crippen LogP) is 2.39. The van der Waals surface area contributed by atoms with E-state index in [4.69, 9.17) is 4.74 Å². The first kappa shape index (κ1) is 13.2. The van der Waals surface area contributed by atoms with Crippen molar-refractivity contribution in [2.45, 2.75) is 26.8 Å². The zero-order valence-electron chi connectivity index (χ0n) is 10.3. The second kappa shape index (κ2) is 6.03. The molecule has 17 heavy (non-hydrogen) atoms. The Labute approximate surface area is 101 Å². The van der Waals surface area contributed by atoms with Gasteiger partial charge in [-0.2, -0.15) is 0 Å². The summed E-state index contributed by atoms with van der Waals surface area (Å²) in [4.78, 5) is 22.8. The molecule has 1 N–H and O–H groups in total. The lowest BCUT2D eigenvalue weighted by atomic mass is 10.0. The summed E-state index contributed by atoms with van der Waals surface area (Å²) in [5, 5.41) is 2.55. The van der Waals surface area contributed by atoms with Crippen LogP contribution in [0.25, 0.3) is 0 Å². The number of ether oxygens (including phenoxy) is 1. The van der Waals surface area contributed by atoms with Gasteiger partial charge in [0.2, 0.25) is 0 Å². The maximum absolute atomic E-state index is 11.5. The molecule has 0 spiro atoms. The van der Waals surface area contributed by atoms with Gasteiger partial charge in [0.25, 0.3) is 0 Å². The molecule has 1 atom stereocenters. The molecular weight excluding hydrogens is 218 g/mol. The molecular formula is C13H17NO3. The molecule has 1 amide bonds. The Morgan fingerprint density at radius 1 is 1.18 bits per heavy atom. The Morgan fingerprint density at radius 2 is 1.76 bits per heavy atom. The number of ketones is 1. The van der Waals surface area contributed by atoms with Gasteiger partial charge in [-0.3, -0.25) is 4.79 Å². The van der Waals surface area contributed by atoms with Crippen LogP contribution in [0, 0.1) is 5.92 Å². The van der Waals surface area contributed by atoms with Gasteiger partial charge in [0, 0.05) is 0 Å². The van der Waals surface area contributed by atoms with E-state index < -0.39 is 12.1 Å². The lowest BCUT2D eigenvalue weighted by Gasteiger charge is -2.18. The van der Waals surface area contributed by atoms with Crippen LogP contribution in [0.4, 0.5) is 4.79 Å². The number of para-hydroxylation sites is 1. The Kier molecular flexibility index (Phi) is 4.69. The topological polar surface area (TPSA) is 55.4 Å². The third-order valence-electron chi connectivity index (χ3n) is 2.33. The van der Waals surface area contributed by atoms with E-state index in [1.54, 1.807) is 24.3 Å². The number of hydrogen-bond acceptors (Lipinski definition) is 3. The number of carbonyl (C=O) groups is 2.